The lowest BCUT2D eigenvalue weighted by Crippen LogP contribution is -2.44. The van der Waals surface area contributed by atoms with Crippen molar-refractivity contribution in [2.24, 2.45) is 0 Å². The molecule has 0 saturated carbocycles. The highest BCUT2D eigenvalue weighted by molar-refractivity contribution is 5.93. The largest absolute Gasteiger partial charge is 0.493 e. The Hall–Kier alpha value is -4.02. The Labute approximate surface area is 196 Å². The number of aromatic amines is 1. The number of amides is 1. The van der Waals surface area contributed by atoms with Gasteiger partial charge in [-0.15, -0.1) is 10.2 Å². The molecule has 3 heterocycles. The number of carbonyl (C=O) groups is 1. The van der Waals surface area contributed by atoms with Crippen molar-refractivity contribution in [3.05, 3.63) is 36.0 Å². The smallest absolute Gasteiger partial charge is 0.272 e. The first-order chi connectivity index (χ1) is 16.6. The van der Waals surface area contributed by atoms with Gasteiger partial charge in [-0.05, 0) is 31.0 Å². The molecule has 1 saturated heterocycles. The fraction of sp³-hybridized carbons (Fsp3) is 0.391. The van der Waals surface area contributed by atoms with E-state index in [0.29, 0.717) is 53.5 Å². The second-order valence-electron chi connectivity index (χ2n) is 7.63. The van der Waals surface area contributed by atoms with E-state index >= 15 is 0 Å². The molecule has 1 N–H and O–H groups in total. The van der Waals surface area contributed by atoms with Crippen molar-refractivity contribution in [1.29, 1.82) is 0 Å². The van der Waals surface area contributed by atoms with Gasteiger partial charge < -0.3 is 28.6 Å². The molecule has 0 aliphatic carbocycles. The molecule has 0 spiro atoms. The number of H-pyrrole nitrogens is 1. The monoisotopic (exact) mass is 469 g/mol. The van der Waals surface area contributed by atoms with Crippen molar-refractivity contribution < 1.29 is 28.5 Å². The normalized spacial score (nSPS) is 15.5. The van der Waals surface area contributed by atoms with Crippen molar-refractivity contribution in [2.45, 2.75) is 18.9 Å². The minimum absolute atomic E-state index is 0.152. The summed E-state index contributed by atoms with van der Waals surface area (Å²) in [5, 5.41) is 15.1. The summed E-state index contributed by atoms with van der Waals surface area (Å²) in [5.41, 5.74) is 1.69. The average Bonchev–Trinajstić information content (AvgIpc) is 3.38. The molecule has 2 aromatic heterocycles. The summed E-state index contributed by atoms with van der Waals surface area (Å²) < 4.78 is 27.1. The van der Waals surface area contributed by atoms with Gasteiger partial charge in [-0.2, -0.15) is 5.10 Å². The van der Waals surface area contributed by atoms with Crippen molar-refractivity contribution in [3.8, 4) is 40.3 Å². The Kier molecular flexibility index (Phi) is 7.00. The van der Waals surface area contributed by atoms with Gasteiger partial charge in [-0.1, -0.05) is 0 Å². The lowest BCUT2D eigenvalue weighted by atomic mass is 10.1. The van der Waals surface area contributed by atoms with Crippen molar-refractivity contribution in [2.75, 3.05) is 41.5 Å². The van der Waals surface area contributed by atoms with Gasteiger partial charge >= 0.3 is 0 Å². The predicted octanol–water partition coefficient (Wildman–Crippen LogP) is 2.58. The molecule has 1 amide bonds. The number of piperidine rings is 1. The molecule has 180 valence electrons. The highest BCUT2D eigenvalue weighted by Crippen LogP contribution is 2.40. The number of nitrogens with zero attached hydrogens (tertiary/aromatic N) is 4. The van der Waals surface area contributed by atoms with Gasteiger partial charge in [0.15, 0.2) is 11.5 Å². The molecule has 11 heteroatoms. The first-order valence-corrected chi connectivity index (χ1v) is 10.8. The maximum Gasteiger partial charge on any atom is 0.272 e. The standard InChI is InChI=1S/C23H27N5O6/c1-30-18-10-14(11-19(31-2)22(18)33-4)16-12-17(25-24-16)23(29)28-9-5-6-15(13-28)34-21-8-7-20(32-3)26-27-21/h7-8,10-12,15H,5-6,9,13H2,1-4H3,(H,24,25). The Balaban J connectivity index is 1.47. The van der Waals surface area contributed by atoms with Crippen LogP contribution < -0.4 is 23.7 Å². The molecule has 1 aliphatic heterocycles. The van der Waals surface area contributed by atoms with E-state index in [-0.39, 0.29) is 12.0 Å². The van der Waals surface area contributed by atoms with E-state index in [2.05, 4.69) is 20.4 Å². The molecule has 1 unspecified atom stereocenters. The number of hydrogen-bond acceptors (Lipinski definition) is 9. The van der Waals surface area contributed by atoms with Gasteiger partial charge in [0.25, 0.3) is 5.91 Å². The van der Waals surface area contributed by atoms with Crippen LogP contribution in [0.15, 0.2) is 30.3 Å². The lowest BCUT2D eigenvalue weighted by Gasteiger charge is -2.32. The Morgan fingerprint density at radius 3 is 2.29 bits per heavy atom. The molecule has 0 radical (unpaired) electrons. The molecule has 1 atom stereocenters. The number of aromatic nitrogens is 4. The number of ether oxygens (including phenoxy) is 5. The molecular weight excluding hydrogens is 442 g/mol. The van der Waals surface area contributed by atoms with Gasteiger partial charge in [0.2, 0.25) is 17.5 Å². The number of benzene rings is 1. The summed E-state index contributed by atoms with van der Waals surface area (Å²) in [6.45, 7) is 1.07. The lowest BCUT2D eigenvalue weighted by molar-refractivity contribution is 0.0520. The minimum atomic E-state index is -0.183. The van der Waals surface area contributed by atoms with Crippen LogP contribution >= 0.6 is 0 Å². The summed E-state index contributed by atoms with van der Waals surface area (Å²) in [6, 6.07) is 8.66. The maximum atomic E-state index is 13.2. The summed E-state index contributed by atoms with van der Waals surface area (Å²) in [4.78, 5) is 14.9. The molecule has 0 bridgehead atoms. The van der Waals surface area contributed by atoms with Crippen molar-refractivity contribution in [3.63, 3.8) is 0 Å². The Morgan fingerprint density at radius 2 is 1.68 bits per heavy atom. The van der Waals surface area contributed by atoms with E-state index in [1.807, 2.05) is 0 Å². The van der Waals surface area contributed by atoms with Crippen LogP contribution in [-0.2, 0) is 0 Å². The summed E-state index contributed by atoms with van der Waals surface area (Å²) >= 11 is 0. The number of hydrogen-bond donors (Lipinski definition) is 1. The molecule has 11 nitrogen and oxygen atoms in total. The number of methoxy groups -OCH3 is 4. The Morgan fingerprint density at radius 1 is 0.971 bits per heavy atom. The first kappa shape index (κ1) is 23.1. The second kappa shape index (κ2) is 10.3. The van der Waals surface area contributed by atoms with E-state index in [4.69, 9.17) is 23.7 Å². The average molecular weight is 469 g/mol. The predicted molar refractivity (Wildman–Crippen MR) is 122 cm³/mol. The molecule has 3 aromatic rings. The molecule has 1 fully saturated rings. The van der Waals surface area contributed by atoms with E-state index in [0.717, 1.165) is 18.4 Å². The van der Waals surface area contributed by atoms with Crippen LogP contribution in [0.1, 0.15) is 23.3 Å². The second-order valence-corrected chi connectivity index (χ2v) is 7.63. The quantitative estimate of drug-likeness (QED) is 0.530. The van der Waals surface area contributed by atoms with E-state index < -0.39 is 0 Å². The molecule has 34 heavy (non-hydrogen) atoms. The third-order valence-corrected chi connectivity index (χ3v) is 5.55. The van der Waals surface area contributed by atoms with Gasteiger partial charge in [0, 0.05) is 24.2 Å². The molecule has 4 rings (SSSR count). The number of likely N-dealkylation sites (tertiary alicyclic amines) is 1. The maximum absolute atomic E-state index is 13.2. The zero-order chi connectivity index (χ0) is 24.1. The van der Waals surface area contributed by atoms with Gasteiger partial charge in [0.1, 0.15) is 11.8 Å². The van der Waals surface area contributed by atoms with Crippen LogP contribution in [0.5, 0.6) is 29.0 Å². The first-order valence-electron chi connectivity index (χ1n) is 10.8. The van der Waals surface area contributed by atoms with E-state index in [1.54, 1.807) is 56.6 Å². The zero-order valence-electron chi connectivity index (χ0n) is 19.5. The van der Waals surface area contributed by atoms with Crippen LogP contribution in [-0.4, -0.2) is 78.8 Å². The van der Waals surface area contributed by atoms with Crippen LogP contribution in [0.2, 0.25) is 0 Å². The third-order valence-electron chi connectivity index (χ3n) is 5.55. The van der Waals surface area contributed by atoms with E-state index in [9.17, 15) is 4.79 Å². The molecular formula is C23H27N5O6. The van der Waals surface area contributed by atoms with Crippen LogP contribution in [0.25, 0.3) is 11.3 Å². The minimum Gasteiger partial charge on any atom is -0.493 e. The van der Waals surface area contributed by atoms with E-state index in [1.165, 1.54) is 7.11 Å². The third kappa shape index (κ3) is 4.82. The summed E-state index contributed by atoms with van der Waals surface area (Å²) in [6.07, 6.45) is 1.45. The topological polar surface area (TPSA) is 121 Å². The Bertz CT molecular complexity index is 1110. The fourth-order valence-corrected chi connectivity index (χ4v) is 3.85. The van der Waals surface area contributed by atoms with Gasteiger partial charge in [-0.3, -0.25) is 9.89 Å². The van der Waals surface area contributed by atoms with Crippen molar-refractivity contribution in [1.82, 2.24) is 25.3 Å². The molecule has 1 aromatic carbocycles. The van der Waals surface area contributed by atoms with Gasteiger partial charge in [0.05, 0.1) is 40.7 Å². The summed E-state index contributed by atoms with van der Waals surface area (Å²) in [5.74, 6) is 2.15. The van der Waals surface area contributed by atoms with Gasteiger partial charge in [-0.25, -0.2) is 0 Å². The highest BCUT2D eigenvalue weighted by atomic mass is 16.5. The highest BCUT2D eigenvalue weighted by Gasteiger charge is 2.27. The fourth-order valence-electron chi connectivity index (χ4n) is 3.85. The van der Waals surface area contributed by atoms with Crippen LogP contribution in [0.4, 0.5) is 0 Å². The number of rotatable bonds is 8. The van der Waals surface area contributed by atoms with Crippen molar-refractivity contribution >= 4 is 5.91 Å². The SMILES string of the molecule is COc1ccc(OC2CCCN(C(=O)c3cc(-c4cc(OC)c(OC)c(OC)c4)n[nH]3)C2)nn1. The molecule has 1 aliphatic rings. The van der Waals surface area contributed by atoms with Crippen LogP contribution in [0.3, 0.4) is 0 Å². The summed E-state index contributed by atoms with van der Waals surface area (Å²) in [7, 11) is 6.17. The number of nitrogens with one attached hydrogen (secondary N) is 1. The zero-order valence-corrected chi connectivity index (χ0v) is 19.5. The number of carbonyl (C=O) groups excluding carboxylic acids is 1. The van der Waals surface area contributed by atoms with Crippen LogP contribution in [0, 0.1) is 0 Å².